The summed E-state index contributed by atoms with van der Waals surface area (Å²) in [6, 6.07) is 8.02. The number of para-hydroxylation sites is 1. The van der Waals surface area contributed by atoms with Crippen molar-refractivity contribution in [2.24, 2.45) is 0 Å². The fraction of sp³-hybridized carbons (Fsp3) is 0.474. The van der Waals surface area contributed by atoms with Crippen LogP contribution in [0.4, 0.5) is 0 Å². The summed E-state index contributed by atoms with van der Waals surface area (Å²) in [7, 11) is 0. The number of hydrogen-bond donors (Lipinski definition) is 0. The van der Waals surface area contributed by atoms with Gasteiger partial charge in [0, 0.05) is 44.0 Å². The topological polar surface area (TPSA) is 45.7 Å². The van der Waals surface area contributed by atoms with Crippen molar-refractivity contribution in [3.05, 3.63) is 46.4 Å². The Morgan fingerprint density at radius 3 is 2.88 bits per heavy atom. The molecule has 1 aromatic carbocycles. The van der Waals surface area contributed by atoms with Crippen molar-refractivity contribution < 1.29 is 9.53 Å². The lowest BCUT2D eigenvalue weighted by molar-refractivity contribution is -0.129. The summed E-state index contributed by atoms with van der Waals surface area (Å²) < 4.78 is 6.04. The second-order valence-electron chi connectivity index (χ2n) is 6.36. The van der Waals surface area contributed by atoms with Crippen molar-refractivity contribution in [1.82, 2.24) is 14.8 Å². The molecule has 0 fully saturated rings. The first kappa shape index (κ1) is 17.9. The largest absolute Gasteiger partial charge is 0.492 e. The molecule has 0 bridgehead atoms. The summed E-state index contributed by atoms with van der Waals surface area (Å²) in [6.45, 7) is 6.41. The van der Waals surface area contributed by atoms with Crippen molar-refractivity contribution in [3.63, 3.8) is 0 Å². The van der Waals surface area contributed by atoms with Gasteiger partial charge < -0.3 is 9.64 Å². The zero-order valence-corrected chi connectivity index (χ0v) is 15.5. The first-order valence-electron chi connectivity index (χ1n) is 8.78. The number of benzene rings is 1. The molecule has 0 N–H and O–H groups in total. The number of fused-ring (bicyclic) bond motifs is 1. The first-order valence-corrected chi connectivity index (χ1v) is 9.72. The minimum Gasteiger partial charge on any atom is -0.492 e. The van der Waals surface area contributed by atoms with E-state index in [1.807, 2.05) is 34.7 Å². The van der Waals surface area contributed by atoms with Crippen molar-refractivity contribution in [3.8, 4) is 5.75 Å². The van der Waals surface area contributed by atoms with Gasteiger partial charge in [0.1, 0.15) is 12.4 Å². The highest BCUT2D eigenvalue weighted by molar-refractivity contribution is 7.07. The number of rotatable bonds is 2. The molecule has 5 nitrogen and oxygen atoms in total. The van der Waals surface area contributed by atoms with E-state index in [0.29, 0.717) is 13.2 Å². The fourth-order valence-corrected chi connectivity index (χ4v) is 3.62. The maximum Gasteiger partial charge on any atom is 0.219 e. The highest BCUT2D eigenvalue weighted by Gasteiger charge is 2.15. The van der Waals surface area contributed by atoms with E-state index in [1.54, 1.807) is 18.3 Å². The molecule has 1 amide bonds. The Bertz CT molecular complexity index is 675. The maximum atomic E-state index is 12.0. The summed E-state index contributed by atoms with van der Waals surface area (Å²) in [5.41, 5.74) is 4.07. The molecule has 0 radical (unpaired) electrons. The Morgan fingerprint density at radius 2 is 2.08 bits per heavy atom. The fourth-order valence-electron chi connectivity index (χ4n) is 3.07. The standard InChI is InChI=1S/C19H25N3O2S/c1-16(23)22-9-5-4-8-21(13-18-14-25-15-20-18)10-11-24-19-7-3-2-6-17(19)12-22/h2-3,6-7,14-15H,4-5,8-13H2,1H3. The number of ether oxygens (including phenoxy) is 1. The molecule has 3 rings (SSSR count). The number of aromatic nitrogens is 1. The molecule has 0 atom stereocenters. The van der Waals surface area contributed by atoms with Crippen LogP contribution >= 0.6 is 11.3 Å². The minimum absolute atomic E-state index is 0.117. The Morgan fingerprint density at radius 1 is 1.24 bits per heavy atom. The number of carbonyl (C=O) groups excluding carboxylic acids is 1. The predicted molar refractivity (Wildman–Crippen MR) is 99.7 cm³/mol. The van der Waals surface area contributed by atoms with Gasteiger partial charge in [-0.2, -0.15) is 0 Å². The van der Waals surface area contributed by atoms with Crippen LogP contribution in [-0.2, 0) is 17.9 Å². The van der Waals surface area contributed by atoms with Crippen molar-refractivity contribution in [2.75, 3.05) is 26.2 Å². The summed E-state index contributed by atoms with van der Waals surface area (Å²) in [6.07, 6.45) is 2.08. The molecular weight excluding hydrogens is 334 g/mol. The van der Waals surface area contributed by atoms with Crippen LogP contribution in [0.3, 0.4) is 0 Å². The molecule has 1 aliphatic heterocycles. The number of carbonyl (C=O) groups is 1. The van der Waals surface area contributed by atoms with Gasteiger partial charge in [-0.3, -0.25) is 9.69 Å². The van der Waals surface area contributed by atoms with Gasteiger partial charge in [0.25, 0.3) is 0 Å². The average Bonchev–Trinajstić information content (AvgIpc) is 3.10. The van der Waals surface area contributed by atoms with Crippen LogP contribution in [-0.4, -0.2) is 46.9 Å². The lowest BCUT2D eigenvalue weighted by Gasteiger charge is -2.26. The van der Waals surface area contributed by atoms with Crippen LogP contribution < -0.4 is 4.74 Å². The summed E-state index contributed by atoms with van der Waals surface area (Å²) >= 11 is 1.63. The highest BCUT2D eigenvalue weighted by Crippen LogP contribution is 2.21. The van der Waals surface area contributed by atoms with Gasteiger partial charge in [0.05, 0.1) is 11.2 Å². The molecule has 2 aromatic rings. The smallest absolute Gasteiger partial charge is 0.219 e. The molecule has 1 aromatic heterocycles. The van der Waals surface area contributed by atoms with Crippen LogP contribution in [0, 0.1) is 0 Å². The van der Waals surface area contributed by atoms with Gasteiger partial charge in [-0.25, -0.2) is 4.98 Å². The Labute approximate surface area is 153 Å². The third kappa shape index (κ3) is 5.28. The number of hydrogen-bond acceptors (Lipinski definition) is 5. The molecule has 0 saturated carbocycles. The quantitative estimate of drug-likeness (QED) is 0.826. The summed E-state index contributed by atoms with van der Waals surface area (Å²) in [5, 5.41) is 2.10. The zero-order chi connectivity index (χ0) is 17.5. The van der Waals surface area contributed by atoms with E-state index in [2.05, 4.69) is 15.3 Å². The van der Waals surface area contributed by atoms with Crippen LogP contribution in [0.5, 0.6) is 5.75 Å². The predicted octanol–water partition coefficient (Wildman–Crippen LogP) is 3.17. The first-order chi connectivity index (χ1) is 12.2. The SMILES string of the molecule is CC(=O)N1CCCCN(Cc2cscn2)CCOc2ccccc2C1. The van der Waals surface area contributed by atoms with E-state index >= 15 is 0 Å². The van der Waals surface area contributed by atoms with Crippen molar-refractivity contribution in [1.29, 1.82) is 0 Å². The maximum absolute atomic E-state index is 12.0. The lowest BCUT2D eigenvalue weighted by Crippen LogP contribution is -2.33. The molecule has 2 heterocycles. The summed E-state index contributed by atoms with van der Waals surface area (Å²) in [5.74, 6) is 0.995. The Kier molecular flexibility index (Phi) is 6.42. The second-order valence-corrected chi connectivity index (χ2v) is 7.08. The third-order valence-electron chi connectivity index (χ3n) is 4.47. The van der Waals surface area contributed by atoms with Crippen LogP contribution in [0.25, 0.3) is 0 Å². The van der Waals surface area contributed by atoms with Crippen LogP contribution in [0.15, 0.2) is 35.2 Å². The van der Waals surface area contributed by atoms with E-state index in [9.17, 15) is 4.79 Å². The summed E-state index contributed by atoms with van der Waals surface area (Å²) in [4.78, 5) is 20.7. The van der Waals surface area contributed by atoms with Gasteiger partial charge in [-0.1, -0.05) is 18.2 Å². The van der Waals surface area contributed by atoms with Gasteiger partial charge >= 0.3 is 0 Å². The van der Waals surface area contributed by atoms with E-state index in [0.717, 1.165) is 56.0 Å². The van der Waals surface area contributed by atoms with Gasteiger partial charge in [-0.05, 0) is 25.5 Å². The number of nitrogens with zero attached hydrogens (tertiary/aromatic N) is 3. The molecule has 0 saturated heterocycles. The minimum atomic E-state index is 0.117. The van der Waals surface area contributed by atoms with Crippen molar-refractivity contribution in [2.45, 2.75) is 32.9 Å². The molecule has 0 unspecified atom stereocenters. The zero-order valence-electron chi connectivity index (χ0n) is 14.7. The van der Waals surface area contributed by atoms with E-state index in [-0.39, 0.29) is 5.91 Å². The normalized spacial score (nSPS) is 17.1. The molecule has 0 aliphatic carbocycles. The average molecular weight is 359 g/mol. The van der Waals surface area contributed by atoms with Gasteiger partial charge in [-0.15, -0.1) is 11.3 Å². The van der Waals surface area contributed by atoms with E-state index in [4.69, 9.17) is 4.74 Å². The van der Waals surface area contributed by atoms with Gasteiger partial charge in [0.2, 0.25) is 5.91 Å². The van der Waals surface area contributed by atoms with Crippen molar-refractivity contribution >= 4 is 17.2 Å². The molecule has 0 spiro atoms. The Hall–Kier alpha value is -1.92. The molecule has 1 aliphatic rings. The molecular formula is C19H25N3O2S. The van der Waals surface area contributed by atoms with Crippen LogP contribution in [0.2, 0.25) is 0 Å². The third-order valence-corrected chi connectivity index (χ3v) is 5.10. The van der Waals surface area contributed by atoms with E-state index in [1.165, 1.54) is 0 Å². The highest BCUT2D eigenvalue weighted by atomic mass is 32.1. The lowest BCUT2D eigenvalue weighted by atomic mass is 10.1. The van der Waals surface area contributed by atoms with E-state index < -0.39 is 0 Å². The van der Waals surface area contributed by atoms with Crippen LogP contribution in [0.1, 0.15) is 31.0 Å². The molecule has 6 heteroatoms. The molecule has 134 valence electrons. The Balaban J connectivity index is 1.71. The monoisotopic (exact) mass is 359 g/mol. The molecule has 25 heavy (non-hydrogen) atoms. The number of thiazole rings is 1. The number of amides is 1. The van der Waals surface area contributed by atoms with Gasteiger partial charge in [0.15, 0.2) is 0 Å². The second kappa shape index (κ2) is 8.97.